The van der Waals surface area contributed by atoms with E-state index in [1.165, 1.54) is 12.1 Å². The van der Waals surface area contributed by atoms with Gasteiger partial charge in [0.05, 0.1) is 0 Å². The molecule has 1 aliphatic rings. The Hall–Kier alpha value is -1.85. The molecule has 1 heterocycles. The minimum atomic E-state index is -0.331. The third-order valence-electron chi connectivity index (χ3n) is 3.65. The fourth-order valence-corrected chi connectivity index (χ4v) is 3.79. The molecule has 0 amide bonds. The van der Waals surface area contributed by atoms with Gasteiger partial charge in [0.1, 0.15) is 15.7 Å². The maximum atomic E-state index is 13.4. The van der Waals surface area contributed by atoms with E-state index in [0.717, 1.165) is 29.0 Å². The van der Waals surface area contributed by atoms with E-state index in [2.05, 4.69) is 22.7 Å². The quantitative estimate of drug-likeness (QED) is 0.889. The number of rotatable bonds is 5. The average Bonchev–Trinajstić information content (AvgIpc) is 3.00. The van der Waals surface area contributed by atoms with E-state index in [1.54, 1.807) is 17.8 Å². The summed E-state index contributed by atoms with van der Waals surface area (Å²) in [6.45, 7) is 0.631. The minimum Gasteiger partial charge on any atom is -0.330 e. The predicted molar refractivity (Wildman–Crippen MR) is 90.1 cm³/mol. The normalized spacial score (nSPS) is 20.5. The summed E-state index contributed by atoms with van der Waals surface area (Å²) in [6, 6.07) is 16.7. The number of hydrazone groups is 1. The second-order valence-electron chi connectivity index (χ2n) is 5.23. The fourth-order valence-electron chi connectivity index (χ4n) is 2.53. The third kappa shape index (κ3) is 3.00. The van der Waals surface area contributed by atoms with Gasteiger partial charge in [-0.25, -0.2) is 4.39 Å². The summed E-state index contributed by atoms with van der Waals surface area (Å²) in [6.07, 6.45) is 1.75. The van der Waals surface area contributed by atoms with Gasteiger partial charge in [-0.3, -0.25) is 5.43 Å². The molecule has 0 saturated carbocycles. The van der Waals surface area contributed by atoms with Crippen LogP contribution in [0, 0.1) is 5.82 Å². The van der Waals surface area contributed by atoms with Gasteiger partial charge in [-0.2, -0.15) is 5.10 Å². The molecule has 22 heavy (non-hydrogen) atoms. The maximum absolute atomic E-state index is 13.4. The molecule has 2 aromatic carbocycles. The molecule has 1 atom stereocenters. The predicted octanol–water partition coefficient (Wildman–Crippen LogP) is 3.42. The van der Waals surface area contributed by atoms with Gasteiger partial charge < -0.3 is 5.73 Å². The zero-order chi connectivity index (χ0) is 15.4. The van der Waals surface area contributed by atoms with Crippen molar-refractivity contribution in [3.8, 4) is 0 Å². The van der Waals surface area contributed by atoms with Crippen molar-refractivity contribution in [3.63, 3.8) is 0 Å². The number of nitrogens with zero attached hydrogens (tertiary/aromatic N) is 1. The molecule has 3 N–H and O–H groups in total. The molecule has 114 valence electrons. The summed E-state index contributed by atoms with van der Waals surface area (Å²) in [4.78, 5) is -0.331. The number of hydrogen-bond donors (Lipinski definition) is 2. The smallest absolute Gasteiger partial charge is 0.131 e. The van der Waals surface area contributed by atoms with Crippen molar-refractivity contribution in [2.75, 3.05) is 6.54 Å². The second-order valence-corrected chi connectivity index (χ2v) is 6.51. The van der Waals surface area contributed by atoms with Gasteiger partial charge >= 0.3 is 0 Å². The first kappa shape index (κ1) is 15.1. The zero-order valence-electron chi connectivity index (χ0n) is 12.1. The van der Waals surface area contributed by atoms with Crippen LogP contribution in [0.3, 0.4) is 0 Å². The Labute approximate surface area is 133 Å². The first-order valence-corrected chi connectivity index (χ1v) is 8.10. The van der Waals surface area contributed by atoms with Crippen LogP contribution in [0.1, 0.15) is 24.0 Å². The summed E-state index contributed by atoms with van der Waals surface area (Å²) in [5.74, 6) is -0.250. The molecular formula is C17H18FN3S. The van der Waals surface area contributed by atoms with Gasteiger partial charge in [-0.05, 0) is 37.1 Å². The van der Waals surface area contributed by atoms with Crippen LogP contribution in [0.4, 0.5) is 4.39 Å². The van der Waals surface area contributed by atoms with E-state index in [1.807, 2.05) is 24.3 Å². The van der Waals surface area contributed by atoms with Crippen LogP contribution in [-0.4, -0.2) is 11.6 Å². The molecule has 0 saturated heterocycles. The lowest BCUT2D eigenvalue weighted by Gasteiger charge is -2.28. The molecule has 5 heteroatoms. The molecule has 0 radical (unpaired) electrons. The largest absolute Gasteiger partial charge is 0.330 e. The van der Waals surface area contributed by atoms with Crippen molar-refractivity contribution < 1.29 is 4.39 Å². The molecule has 0 unspecified atom stereocenters. The van der Waals surface area contributed by atoms with Crippen LogP contribution in [0.5, 0.6) is 0 Å². The van der Waals surface area contributed by atoms with Crippen molar-refractivity contribution in [3.05, 3.63) is 71.5 Å². The summed E-state index contributed by atoms with van der Waals surface area (Å²) in [5, 5.41) is 5.26. The molecule has 3 nitrogen and oxygen atoms in total. The zero-order valence-corrected chi connectivity index (χ0v) is 12.9. The first-order chi connectivity index (χ1) is 10.7. The number of hydrogen-bond acceptors (Lipinski definition) is 4. The van der Waals surface area contributed by atoms with Crippen molar-refractivity contribution in [1.29, 1.82) is 0 Å². The van der Waals surface area contributed by atoms with E-state index in [4.69, 9.17) is 5.73 Å². The van der Waals surface area contributed by atoms with Crippen molar-refractivity contribution >= 4 is 16.8 Å². The van der Waals surface area contributed by atoms with Crippen LogP contribution >= 0.6 is 11.8 Å². The Morgan fingerprint density at radius 2 is 1.95 bits per heavy atom. The van der Waals surface area contributed by atoms with E-state index in [9.17, 15) is 4.39 Å². The summed E-state index contributed by atoms with van der Waals surface area (Å²) in [7, 11) is 0. The van der Waals surface area contributed by atoms with Crippen LogP contribution in [0.25, 0.3) is 0 Å². The number of nitrogens with two attached hydrogens (primary N) is 1. The highest BCUT2D eigenvalue weighted by Crippen LogP contribution is 2.43. The molecule has 0 aromatic heterocycles. The Morgan fingerprint density at radius 1 is 1.14 bits per heavy atom. The van der Waals surface area contributed by atoms with Gasteiger partial charge in [0.2, 0.25) is 0 Å². The Kier molecular flexibility index (Phi) is 4.45. The summed E-state index contributed by atoms with van der Waals surface area (Å²) >= 11 is 1.63. The lowest BCUT2D eigenvalue weighted by atomic mass is 10.0. The van der Waals surface area contributed by atoms with E-state index >= 15 is 0 Å². The summed E-state index contributed by atoms with van der Waals surface area (Å²) < 4.78 is 13.4. The third-order valence-corrected chi connectivity index (χ3v) is 5.05. The fraction of sp³-hybridized carbons (Fsp3) is 0.235. The molecular weight excluding hydrogens is 297 g/mol. The highest BCUT2D eigenvalue weighted by atomic mass is 32.2. The van der Waals surface area contributed by atoms with Crippen LogP contribution in [0.15, 0.2) is 59.7 Å². The van der Waals surface area contributed by atoms with Crippen molar-refractivity contribution in [1.82, 2.24) is 5.43 Å². The molecule has 3 rings (SSSR count). The standard InChI is InChI=1S/C17H18FN3S/c18-15-9-4-6-13(12-15)16-20-21-17(22-16,10-5-11-19)14-7-2-1-3-8-14/h1-4,6-9,12,21H,5,10-11,19H2/t17-/m0/s1. The number of halogens is 1. The Bertz CT molecular complexity index is 675. The highest BCUT2D eigenvalue weighted by molar-refractivity contribution is 8.15. The molecule has 0 fully saturated rings. The first-order valence-electron chi connectivity index (χ1n) is 7.29. The number of nitrogens with one attached hydrogen (secondary N) is 1. The SMILES string of the molecule is NCCC[C@]1(c2ccccc2)NN=C(c2cccc(F)c2)S1. The highest BCUT2D eigenvalue weighted by Gasteiger charge is 2.38. The monoisotopic (exact) mass is 315 g/mol. The van der Waals surface area contributed by atoms with Gasteiger partial charge in [-0.1, -0.05) is 54.2 Å². The van der Waals surface area contributed by atoms with Crippen LogP contribution in [0.2, 0.25) is 0 Å². The number of benzene rings is 2. The van der Waals surface area contributed by atoms with Crippen LogP contribution < -0.4 is 11.2 Å². The van der Waals surface area contributed by atoms with Gasteiger partial charge in [0.25, 0.3) is 0 Å². The minimum absolute atomic E-state index is 0.250. The molecule has 0 spiro atoms. The maximum Gasteiger partial charge on any atom is 0.131 e. The molecule has 0 bridgehead atoms. The molecule has 1 aliphatic heterocycles. The second kappa shape index (κ2) is 6.50. The topological polar surface area (TPSA) is 50.4 Å². The Morgan fingerprint density at radius 3 is 2.68 bits per heavy atom. The van der Waals surface area contributed by atoms with E-state index < -0.39 is 0 Å². The number of thioether (sulfide) groups is 1. The van der Waals surface area contributed by atoms with Crippen molar-refractivity contribution in [2.45, 2.75) is 17.7 Å². The van der Waals surface area contributed by atoms with Crippen LogP contribution in [-0.2, 0) is 4.87 Å². The molecule has 0 aliphatic carbocycles. The van der Waals surface area contributed by atoms with Crippen molar-refractivity contribution in [2.24, 2.45) is 10.8 Å². The van der Waals surface area contributed by atoms with Gasteiger partial charge in [0.15, 0.2) is 0 Å². The van der Waals surface area contributed by atoms with E-state index in [0.29, 0.717) is 6.54 Å². The Balaban J connectivity index is 1.89. The van der Waals surface area contributed by atoms with Gasteiger partial charge in [0, 0.05) is 5.56 Å². The lowest BCUT2D eigenvalue weighted by Crippen LogP contribution is -2.33. The average molecular weight is 315 g/mol. The molecule has 2 aromatic rings. The van der Waals surface area contributed by atoms with E-state index in [-0.39, 0.29) is 10.7 Å². The lowest BCUT2D eigenvalue weighted by molar-refractivity contribution is 0.465. The van der Waals surface area contributed by atoms with Gasteiger partial charge in [-0.15, -0.1) is 0 Å². The summed E-state index contributed by atoms with van der Waals surface area (Å²) in [5.41, 5.74) is 10.9.